The average Bonchev–Trinajstić information content (AvgIpc) is 2.61. The maximum atomic E-state index is 12.8. The molecule has 1 heterocycles. The molecule has 2 aromatic carbocycles. The first-order valence-corrected chi connectivity index (χ1v) is 7.77. The van der Waals surface area contributed by atoms with E-state index in [4.69, 9.17) is 0 Å². The first-order chi connectivity index (χ1) is 12.0. The largest absolute Gasteiger partial charge is 0.326 e. The second-order valence-corrected chi connectivity index (χ2v) is 5.60. The third kappa shape index (κ3) is 4.00. The number of carbonyl (C=O) groups is 3. The summed E-state index contributed by atoms with van der Waals surface area (Å²) in [5, 5.41) is 5.30. The quantitative estimate of drug-likeness (QED) is 0.897. The molecule has 0 spiro atoms. The Hall–Kier alpha value is -3.22. The van der Waals surface area contributed by atoms with Crippen LogP contribution in [-0.2, 0) is 14.4 Å². The number of para-hydroxylation sites is 2. The van der Waals surface area contributed by atoms with Gasteiger partial charge in [0.1, 0.15) is 12.4 Å². The van der Waals surface area contributed by atoms with E-state index in [0.29, 0.717) is 17.1 Å². The molecular weight excluding hydrogens is 325 g/mol. The minimum absolute atomic E-state index is 0.0313. The van der Waals surface area contributed by atoms with Gasteiger partial charge in [-0.2, -0.15) is 0 Å². The van der Waals surface area contributed by atoms with Crippen LogP contribution in [0.2, 0.25) is 0 Å². The van der Waals surface area contributed by atoms with Gasteiger partial charge in [-0.1, -0.05) is 12.1 Å². The molecule has 3 rings (SSSR count). The van der Waals surface area contributed by atoms with Gasteiger partial charge in [0.25, 0.3) is 0 Å². The van der Waals surface area contributed by atoms with Crippen molar-refractivity contribution in [3.8, 4) is 0 Å². The fourth-order valence-corrected chi connectivity index (χ4v) is 2.57. The Labute approximate surface area is 143 Å². The number of nitrogens with zero attached hydrogens (tertiary/aromatic N) is 1. The summed E-state index contributed by atoms with van der Waals surface area (Å²) in [4.78, 5) is 37.5. The van der Waals surface area contributed by atoms with E-state index in [0.717, 1.165) is 0 Å². The lowest BCUT2D eigenvalue weighted by atomic mass is 10.1. The Morgan fingerprint density at radius 3 is 2.56 bits per heavy atom. The zero-order valence-corrected chi connectivity index (χ0v) is 13.3. The number of hydrogen-bond donors (Lipinski definition) is 2. The molecule has 128 valence electrons. The van der Waals surface area contributed by atoms with Crippen molar-refractivity contribution in [1.82, 2.24) is 0 Å². The fraction of sp³-hybridized carbons (Fsp3) is 0.167. The topological polar surface area (TPSA) is 78.5 Å². The summed E-state index contributed by atoms with van der Waals surface area (Å²) in [7, 11) is 0. The summed E-state index contributed by atoms with van der Waals surface area (Å²) in [6.07, 6.45) is -0.0643. The Bertz CT molecular complexity index is 821. The molecule has 0 bridgehead atoms. The second kappa shape index (κ2) is 7.12. The lowest BCUT2D eigenvalue weighted by Crippen LogP contribution is -2.42. The molecule has 2 N–H and O–H groups in total. The number of carbonyl (C=O) groups excluding carboxylic acids is 3. The van der Waals surface area contributed by atoms with Gasteiger partial charge in [0.2, 0.25) is 17.7 Å². The fourth-order valence-electron chi connectivity index (χ4n) is 2.57. The second-order valence-electron chi connectivity index (χ2n) is 5.60. The Kier molecular flexibility index (Phi) is 4.74. The van der Waals surface area contributed by atoms with Crippen LogP contribution in [0.15, 0.2) is 48.5 Å². The van der Waals surface area contributed by atoms with E-state index in [9.17, 15) is 18.8 Å². The third-order valence-corrected chi connectivity index (χ3v) is 3.77. The van der Waals surface area contributed by atoms with E-state index in [2.05, 4.69) is 10.6 Å². The smallest absolute Gasteiger partial charge is 0.244 e. The Morgan fingerprint density at radius 1 is 1.08 bits per heavy atom. The zero-order valence-electron chi connectivity index (χ0n) is 13.3. The molecule has 0 fully saturated rings. The van der Waals surface area contributed by atoms with E-state index in [1.807, 2.05) is 0 Å². The number of halogens is 1. The highest BCUT2D eigenvalue weighted by Crippen LogP contribution is 2.29. The minimum atomic E-state index is -0.393. The molecule has 0 unspecified atom stereocenters. The van der Waals surface area contributed by atoms with E-state index >= 15 is 0 Å². The molecule has 0 saturated carbocycles. The number of rotatable bonds is 4. The third-order valence-electron chi connectivity index (χ3n) is 3.77. The molecule has 0 saturated heterocycles. The number of nitrogens with one attached hydrogen (secondary N) is 2. The van der Waals surface area contributed by atoms with E-state index in [1.54, 1.807) is 24.3 Å². The molecule has 0 aliphatic carbocycles. The summed E-state index contributed by atoms with van der Waals surface area (Å²) in [5.41, 5.74) is 1.65. The van der Waals surface area contributed by atoms with Gasteiger partial charge in [0.15, 0.2) is 0 Å². The van der Waals surface area contributed by atoms with Gasteiger partial charge in [0.05, 0.1) is 11.4 Å². The number of fused-ring (bicyclic) bond motifs is 1. The van der Waals surface area contributed by atoms with Crippen LogP contribution >= 0.6 is 0 Å². The minimum Gasteiger partial charge on any atom is -0.326 e. The van der Waals surface area contributed by atoms with Gasteiger partial charge < -0.3 is 15.5 Å². The lowest BCUT2D eigenvalue weighted by Gasteiger charge is -2.29. The summed E-state index contributed by atoms with van der Waals surface area (Å²) >= 11 is 0. The molecule has 1 aliphatic rings. The summed E-state index contributed by atoms with van der Waals surface area (Å²) in [5.74, 6) is -1.33. The number of amides is 3. The standard InChI is InChI=1S/C18H16FN3O3/c19-12-5-7-13(8-6-12)20-16(23)9-10-18(25)22-11-17(24)21-14-3-1-2-4-15(14)22/h1-8H,9-11H2,(H,20,23)(H,21,24). The van der Waals surface area contributed by atoms with Crippen molar-refractivity contribution in [3.05, 3.63) is 54.3 Å². The first-order valence-electron chi connectivity index (χ1n) is 7.77. The average molecular weight is 341 g/mol. The lowest BCUT2D eigenvalue weighted by molar-refractivity contribution is -0.124. The van der Waals surface area contributed by atoms with Crippen LogP contribution < -0.4 is 15.5 Å². The van der Waals surface area contributed by atoms with E-state index in [1.165, 1.54) is 29.2 Å². The maximum Gasteiger partial charge on any atom is 0.244 e. The van der Waals surface area contributed by atoms with Gasteiger partial charge in [0, 0.05) is 18.5 Å². The van der Waals surface area contributed by atoms with Gasteiger partial charge in [-0.25, -0.2) is 4.39 Å². The molecule has 7 heteroatoms. The maximum absolute atomic E-state index is 12.8. The first kappa shape index (κ1) is 16.6. The molecule has 0 atom stereocenters. The van der Waals surface area contributed by atoms with Crippen LogP contribution in [0.1, 0.15) is 12.8 Å². The molecule has 0 aromatic heterocycles. The monoisotopic (exact) mass is 341 g/mol. The van der Waals surface area contributed by atoms with Gasteiger partial charge in [-0.05, 0) is 36.4 Å². The van der Waals surface area contributed by atoms with Crippen LogP contribution in [0.4, 0.5) is 21.5 Å². The van der Waals surface area contributed by atoms with Crippen molar-refractivity contribution >= 4 is 34.8 Å². The normalized spacial score (nSPS) is 13.0. The van der Waals surface area contributed by atoms with Crippen molar-refractivity contribution in [2.45, 2.75) is 12.8 Å². The van der Waals surface area contributed by atoms with Crippen molar-refractivity contribution in [2.24, 2.45) is 0 Å². The van der Waals surface area contributed by atoms with Crippen LogP contribution in [0.5, 0.6) is 0 Å². The van der Waals surface area contributed by atoms with Crippen molar-refractivity contribution < 1.29 is 18.8 Å². The van der Waals surface area contributed by atoms with Crippen LogP contribution in [0.25, 0.3) is 0 Å². The molecule has 6 nitrogen and oxygen atoms in total. The van der Waals surface area contributed by atoms with Gasteiger partial charge >= 0.3 is 0 Å². The van der Waals surface area contributed by atoms with Gasteiger partial charge in [-0.15, -0.1) is 0 Å². The van der Waals surface area contributed by atoms with Crippen molar-refractivity contribution in [3.63, 3.8) is 0 Å². The number of benzene rings is 2. The molecular formula is C18H16FN3O3. The molecule has 1 aliphatic heterocycles. The molecule has 25 heavy (non-hydrogen) atoms. The van der Waals surface area contributed by atoms with Crippen molar-refractivity contribution in [1.29, 1.82) is 0 Å². The SMILES string of the molecule is O=C(CCC(=O)N1CC(=O)Nc2ccccc21)Nc1ccc(F)cc1. The summed E-state index contributed by atoms with van der Waals surface area (Å²) < 4.78 is 12.8. The summed E-state index contributed by atoms with van der Waals surface area (Å²) in [6.45, 7) is -0.0740. The zero-order chi connectivity index (χ0) is 17.8. The van der Waals surface area contributed by atoms with Crippen LogP contribution in [0, 0.1) is 5.82 Å². The highest BCUT2D eigenvalue weighted by Gasteiger charge is 2.26. The van der Waals surface area contributed by atoms with Gasteiger partial charge in [-0.3, -0.25) is 14.4 Å². The highest BCUT2D eigenvalue weighted by molar-refractivity contribution is 6.10. The van der Waals surface area contributed by atoms with E-state index in [-0.39, 0.29) is 37.1 Å². The Morgan fingerprint density at radius 2 is 1.80 bits per heavy atom. The predicted molar refractivity (Wildman–Crippen MR) is 91.7 cm³/mol. The van der Waals surface area contributed by atoms with Crippen LogP contribution in [-0.4, -0.2) is 24.3 Å². The predicted octanol–water partition coefficient (Wildman–Crippen LogP) is 2.53. The van der Waals surface area contributed by atoms with E-state index < -0.39 is 5.82 Å². The highest BCUT2D eigenvalue weighted by atomic mass is 19.1. The molecule has 0 radical (unpaired) electrons. The number of anilines is 3. The number of hydrogen-bond acceptors (Lipinski definition) is 3. The Balaban J connectivity index is 1.60. The molecule has 3 amide bonds. The van der Waals surface area contributed by atoms with Crippen molar-refractivity contribution in [2.75, 3.05) is 22.1 Å². The molecule has 2 aromatic rings. The van der Waals surface area contributed by atoms with Crippen LogP contribution in [0.3, 0.4) is 0 Å². The summed E-state index contributed by atoms with van der Waals surface area (Å²) in [6, 6.07) is 12.4.